The van der Waals surface area contributed by atoms with Crippen LogP contribution < -0.4 is 10.6 Å². The maximum atomic E-state index is 13.0. The van der Waals surface area contributed by atoms with Crippen LogP contribution in [0.4, 0.5) is 0 Å². The lowest BCUT2D eigenvalue weighted by atomic mass is 10.0. The van der Waals surface area contributed by atoms with E-state index >= 15 is 0 Å². The minimum absolute atomic E-state index is 0.0144. The summed E-state index contributed by atoms with van der Waals surface area (Å²) in [5.41, 5.74) is 0.713. The number of amides is 2. The Bertz CT molecular complexity index is 967. The lowest BCUT2D eigenvalue weighted by Gasteiger charge is -2.21. The molecule has 0 aliphatic rings. The molecule has 0 aromatic heterocycles. The molecule has 1 aromatic carbocycles. The van der Waals surface area contributed by atoms with Crippen LogP contribution in [0.1, 0.15) is 206 Å². The first-order valence-electron chi connectivity index (χ1n) is 20.9. The number of carboxylic acids is 1. The molecule has 0 saturated carbocycles. The Hall–Kier alpha value is -2.57. The smallest absolute Gasteiger partial charge is 0.326 e. The fourth-order valence-electron chi connectivity index (χ4n) is 6.78. The van der Waals surface area contributed by atoms with Crippen LogP contribution in [0, 0.1) is 0 Å². The first-order chi connectivity index (χ1) is 24.3. The van der Waals surface area contributed by atoms with Gasteiger partial charge in [0.15, 0.2) is 0 Å². The second-order valence-corrected chi connectivity index (χ2v) is 14.8. The number of aromatic hydroxyl groups is 1. The fraction of sp³-hybridized carbons (Fsp3) is 0.791. The lowest BCUT2D eigenvalue weighted by Crippen LogP contribution is -2.45. The van der Waals surface area contributed by atoms with E-state index in [1.165, 1.54) is 141 Å². The maximum absolute atomic E-state index is 13.0. The molecule has 0 fully saturated rings. The molecular formula is C43H76N2O5. The molecule has 1 aromatic rings. The van der Waals surface area contributed by atoms with Crippen LogP contribution in [-0.4, -0.2) is 40.1 Å². The van der Waals surface area contributed by atoms with Gasteiger partial charge in [-0.1, -0.05) is 187 Å². The number of hydrogen-bond donors (Lipinski definition) is 4. The van der Waals surface area contributed by atoms with Crippen molar-refractivity contribution in [3.8, 4) is 5.75 Å². The van der Waals surface area contributed by atoms with Crippen LogP contribution in [0.25, 0.3) is 0 Å². The van der Waals surface area contributed by atoms with E-state index in [1.54, 1.807) is 12.1 Å². The highest BCUT2D eigenvalue weighted by molar-refractivity contribution is 5.84. The zero-order valence-electron chi connectivity index (χ0n) is 32.3. The van der Waals surface area contributed by atoms with E-state index in [4.69, 9.17) is 0 Å². The molecule has 7 heteroatoms. The molecular weight excluding hydrogens is 624 g/mol. The van der Waals surface area contributed by atoms with E-state index in [1.807, 2.05) is 0 Å². The summed E-state index contributed by atoms with van der Waals surface area (Å²) >= 11 is 0. The number of hydrogen-bond acceptors (Lipinski definition) is 4. The quantitative estimate of drug-likeness (QED) is 0.0526. The zero-order chi connectivity index (χ0) is 36.5. The molecule has 0 spiro atoms. The number of nitrogens with one attached hydrogen (secondary N) is 2. The van der Waals surface area contributed by atoms with Crippen molar-refractivity contribution in [2.24, 2.45) is 0 Å². The van der Waals surface area contributed by atoms with Crippen LogP contribution in [0.2, 0.25) is 0 Å². The topological polar surface area (TPSA) is 116 Å². The minimum Gasteiger partial charge on any atom is -0.508 e. The molecule has 2 amide bonds. The maximum Gasteiger partial charge on any atom is 0.326 e. The lowest BCUT2D eigenvalue weighted by molar-refractivity contribution is -0.142. The Morgan fingerprint density at radius 3 is 1.36 bits per heavy atom. The zero-order valence-corrected chi connectivity index (χ0v) is 32.3. The van der Waals surface area contributed by atoms with Gasteiger partial charge in [-0.3, -0.25) is 9.59 Å². The minimum atomic E-state index is -1.11. The summed E-state index contributed by atoms with van der Waals surface area (Å²) in [5.74, 6) is -1.38. The van der Waals surface area contributed by atoms with E-state index in [-0.39, 0.29) is 36.4 Å². The van der Waals surface area contributed by atoms with E-state index in [2.05, 4.69) is 24.5 Å². The molecule has 50 heavy (non-hydrogen) atoms. The summed E-state index contributed by atoms with van der Waals surface area (Å²) in [5, 5.41) is 25.1. The van der Waals surface area contributed by atoms with Crippen molar-refractivity contribution < 1.29 is 24.6 Å². The van der Waals surface area contributed by atoms with Crippen molar-refractivity contribution in [3.63, 3.8) is 0 Å². The average Bonchev–Trinajstić information content (AvgIpc) is 3.09. The van der Waals surface area contributed by atoms with Crippen molar-refractivity contribution in [2.75, 3.05) is 0 Å². The molecule has 7 nitrogen and oxygen atoms in total. The first-order valence-corrected chi connectivity index (χ1v) is 20.9. The van der Waals surface area contributed by atoms with Crippen LogP contribution in [-0.2, 0) is 20.8 Å². The summed E-state index contributed by atoms with van der Waals surface area (Å²) in [4.78, 5) is 37.9. The Balaban J connectivity index is 2.42. The Kier molecular flexibility index (Phi) is 29.4. The third-order valence-electron chi connectivity index (χ3n) is 9.97. The van der Waals surface area contributed by atoms with Gasteiger partial charge in [0.1, 0.15) is 11.8 Å². The third-order valence-corrected chi connectivity index (χ3v) is 9.97. The second-order valence-electron chi connectivity index (χ2n) is 14.8. The van der Waals surface area contributed by atoms with Gasteiger partial charge >= 0.3 is 5.97 Å². The van der Waals surface area contributed by atoms with Crippen molar-refractivity contribution in [1.29, 1.82) is 0 Å². The predicted octanol–water partition coefficient (Wildman–Crippen LogP) is 11.3. The van der Waals surface area contributed by atoms with Crippen molar-refractivity contribution in [2.45, 2.75) is 219 Å². The number of carboxylic acid groups (broad SMARTS) is 1. The molecule has 0 bridgehead atoms. The molecule has 0 heterocycles. The average molecular weight is 701 g/mol. The Labute approximate surface area is 306 Å². The highest BCUT2D eigenvalue weighted by Gasteiger charge is 2.23. The summed E-state index contributed by atoms with van der Waals surface area (Å²) in [6.07, 6.45) is 34.2. The standard InChI is InChI=1S/C43H76N2O5/c1-3-5-7-9-11-13-15-17-19-21-23-25-27-29-38(36-42(48)45-40(43(49)50)35-37-31-33-39(46)34-32-37)44-41(47)30-28-26-24-22-20-18-16-14-12-10-8-6-4-2/h31-34,38,40,46H,3-30,35-36H2,1-2H3,(H,44,47)(H,45,48)(H,49,50)/t38?,40-/m0/s1. The summed E-state index contributed by atoms with van der Waals surface area (Å²) in [6.45, 7) is 4.52. The normalized spacial score (nSPS) is 12.4. The number of benzene rings is 1. The number of aliphatic carboxylic acids is 1. The van der Waals surface area contributed by atoms with Gasteiger partial charge in [0, 0.05) is 25.3 Å². The van der Waals surface area contributed by atoms with Gasteiger partial charge in [0.2, 0.25) is 11.8 Å². The molecule has 1 unspecified atom stereocenters. The van der Waals surface area contributed by atoms with E-state index in [0.29, 0.717) is 18.4 Å². The van der Waals surface area contributed by atoms with Crippen molar-refractivity contribution >= 4 is 17.8 Å². The molecule has 0 saturated heterocycles. The van der Waals surface area contributed by atoms with Gasteiger partial charge < -0.3 is 20.8 Å². The SMILES string of the molecule is CCCCCCCCCCCCCCCC(=O)NC(CCCCCCCCCCCCCCC)CC(=O)N[C@@H](Cc1ccc(O)cc1)C(=O)O. The monoisotopic (exact) mass is 701 g/mol. The van der Waals surface area contributed by atoms with E-state index in [0.717, 1.165) is 38.5 Å². The third kappa shape index (κ3) is 27.2. The number of carbonyl (C=O) groups excluding carboxylic acids is 2. The predicted molar refractivity (Wildman–Crippen MR) is 209 cm³/mol. The summed E-state index contributed by atoms with van der Waals surface area (Å²) < 4.78 is 0. The van der Waals surface area contributed by atoms with Gasteiger partial charge in [-0.25, -0.2) is 4.79 Å². The highest BCUT2D eigenvalue weighted by Crippen LogP contribution is 2.17. The van der Waals surface area contributed by atoms with Crippen LogP contribution >= 0.6 is 0 Å². The summed E-state index contributed by atoms with van der Waals surface area (Å²) in [6, 6.07) is 4.95. The van der Waals surface area contributed by atoms with E-state index < -0.39 is 12.0 Å². The number of phenols is 1. The van der Waals surface area contributed by atoms with Gasteiger partial charge in [-0.05, 0) is 30.5 Å². The van der Waals surface area contributed by atoms with E-state index in [9.17, 15) is 24.6 Å². The van der Waals surface area contributed by atoms with Crippen LogP contribution in [0.15, 0.2) is 24.3 Å². The molecule has 1 rings (SSSR count). The number of phenolic OH excluding ortho intramolecular Hbond substituents is 1. The van der Waals surface area contributed by atoms with Crippen LogP contribution in [0.5, 0.6) is 5.75 Å². The van der Waals surface area contributed by atoms with Gasteiger partial charge in [0.05, 0.1) is 0 Å². The second kappa shape index (κ2) is 32.3. The molecule has 4 N–H and O–H groups in total. The molecule has 0 aliphatic carbocycles. The van der Waals surface area contributed by atoms with Crippen molar-refractivity contribution in [3.05, 3.63) is 29.8 Å². The van der Waals surface area contributed by atoms with Crippen LogP contribution in [0.3, 0.4) is 0 Å². The first kappa shape index (κ1) is 45.5. The van der Waals surface area contributed by atoms with Gasteiger partial charge in [-0.2, -0.15) is 0 Å². The Morgan fingerprint density at radius 1 is 0.540 bits per heavy atom. The number of unbranched alkanes of at least 4 members (excludes halogenated alkanes) is 24. The fourth-order valence-corrected chi connectivity index (χ4v) is 6.78. The molecule has 0 aliphatic heterocycles. The van der Waals surface area contributed by atoms with Crippen molar-refractivity contribution in [1.82, 2.24) is 10.6 Å². The molecule has 0 radical (unpaired) electrons. The van der Waals surface area contributed by atoms with Gasteiger partial charge in [-0.15, -0.1) is 0 Å². The van der Waals surface area contributed by atoms with Gasteiger partial charge in [0.25, 0.3) is 0 Å². The number of carbonyl (C=O) groups is 3. The molecule has 2 atom stereocenters. The highest BCUT2D eigenvalue weighted by atomic mass is 16.4. The molecule has 288 valence electrons. The largest absolute Gasteiger partial charge is 0.508 e. The Morgan fingerprint density at radius 2 is 0.940 bits per heavy atom. The number of rotatable bonds is 35. The summed E-state index contributed by atoms with van der Waals surface area (Å²) in [7, 11) is 0.